The van der Waals surface area contributed by atoms with Gasteiger partial charge in [0.05, 0.1) is 18.5 Å². The van der Waals surface area contributed by atoms with Crippen molar-refractivity contribution in [2.75, 3.05) is 19.6 Å². The fourth-order valence-corrected chi connectivity index (χ4v) is 8.41. The van der Waals surface area contributed by atoms with E-state index in [1.807, 2.05) is 0 Å². The maximum absolute atomic E-state index is 14.4. The van der Waals surface area contributed by atoms with Crippen molar-refractivity contribution in [2.45, 2.75) is 75.2 Å². The Kier molecular flexibility index (Phi) is 7.63. The average Bonchev–Trinajstić information content (AvgIpc) is 3.48. The van der Waals surface area contributed by atoms with Gasteiger partial charge in [-0.25, -0.2) is 0 Å². The molecule has 35 heavy (non-hydrogen) atoms. The van der Waals surface area contributed by atoms with Gasteiger partial charge in [-0.1, -0.05) is 71.6 Å². The predicted molar refractivity (Wildman–Crippen MR) is 140 cm³/mol. The molecule has 3 fully saturated rings. The van der Waals surface area contributed by atoms with Gasteiger partial charge in [0.2, 0.25) is 5.91 Å². The number of quaternary nitrogens is 1. The van der Waals surface area contributed by atoms with Gasteiger partial charge < -0.3 is 22.6 Å². The summed E-state index contributed by atoms with van der Waals surface area (Å²) in [5.74, 6) is 1.85. The largest absolute Gasteiger partial charge is 1.00 e. The lowest BCUT2D eigenvalue weighted by molar-refractivity contribution is -0.640. The molecule has 5 heteroatoms. The molecule has 2 heterocycles. The van der Waals surface area contributed by atoms with E-state index in [0.717, 1.165) is 49.8 Å². The first-order chi connectivity index (χ1) is 16.7. The highest BCUT2D eigenvalue weighted by Gasteiger charge is 2.56. The Labute approximate surface area is 225 Å². The van der Waals surface area contributed by atoms with Crippen LogP contribution in [0, 0.1) is 11.8 Å². The van der Waals surface area contributed by atoms with Crippen LogP contribution in [0.1, 0.15) is 74.0 Å². The summed E-state index contributed by atoms with van der Waals surface area (Å²) in [6.07, 6.45) is 11.1. The topological polar surface area (TPSA) is 36.9 Å². The van der Waals surface area contributed by atoms with E-state index in [2.05, 4.69) is 74.7 Å². The van der Waals surface area contributed by atoms with Crippen molar-refractivity contribution in [2.24, 2.45) is 11.8 Å². The van der Waals surface area contributed by atoms with Gasteiger partial charge >= 0.3 is 0 Å². The van der Waals surface area contributed by atoms with E-state index in [0.29, 0.717) is 23.8 Å². The van der Waals surface area contributed by atoms with E-state index >= 15 is 0 Å². The van der Waals surface area contributed by atoms with E-state index < -0.39 is 0 Å². The van der Waals surface area contributed by atoms with Gasteiger partial charge in [0.1, 0.15) is 5.92 Å². The molecule has 1 saturated carbocycles. The Bertz CT molecular complexity index is 1040. The maximum atomic E-state index is 14.4. The summed E-state index contributed by atoms with van der Waals surface area (Å²) >= 11 is 3.66. The Morgan fingerprint density at radius 1 is 1.03 bits per heavy atom. The second-order valence-corrected chi connectivity index (χ2v) is 12.3. The smallest absolute Gasteiger partial charge is 0.232 e. The van der Waals surface area contributed by atoms with Gasteiger partial charge in [0, 0.05) is 17.1 Å². The minimum Gasteiger partial charge on any atom is -1.00 e. The van der Waals surface area contributed by atoms with Crippen LogP contribution >= 0.6 is 15.9 Å². The third-order valence-corrected chi connectivity index (χ3v) is 10.2. The molecule has 188 valence electrons. The number of piperidine rings is 1. The summed E-state index contributed by atoms with van der Waals surface area (Å²) in [7, 11) is 0. The van der Waals surface area contributed by atoms with E-state index in [1.165, 1.54) is 48.8 Å². The van der Waals surface area contributed by atoms with Crippen molar-refractivity contribution in [3.63, 3.8) is 0 Å². The third kappa shape index (κ3) is 4.60. The molecule has 1 spiro atoms. The van der Waals surface area contributed by atoms with E-state index in [1.54, 1.807) is 0 Å². The van der Waals surface area contributed by atoms with Crippen molar-refractivity contribution in [1.29, 1.82) is 0 Å². The van der Waals surface area contributed by atoms with E-state index in [-0.39, 0.29) is 23.7 Å². The first-order valence-electron chi connectivity index (χ1n) is 13.6. The molecule has 2 aromatic carbocycles. The van der Waals surface area contributed by atoms with Gasteiger partial charge in [-0.3, -0.25) is 4.79 Å². The fourth-order valence-electron chi connectivity index (χ4n) is 8.00. The third-order valence-electron chi connectivity index (χ3n) is 9.71. The molecule has 1 amide bonds. The molecule has 0 radical (unpaired) electrons. The second kappa shape index (κ2) is 10.6. The lowest BCUT2D eigenvalue weighted by Gasteiger charge is -2.46. The number of aryl methyl sites for hydroxylation is 1. The molecule has 4 atom stereocenters. The number of benzene rings is 2. The van der Waals surface area contributed by atoms with Gasteiger partial charge in [-0.2, -0.15) is 0 Å². The number of carbonyl (C=O) groups is 1. The molecule has 1 unspecified atom stereocenters. The second-order valence-electron chi connectivity index (χ2n) is 11.4. The Morgan fingerprint density at radius 3 is 2.63 bits per heavy atom. The van der Waals surface area contributed by atoms with Crippen LogP contribution in [0.2, 0.25) is 0 Å². The van der Waals surface area contributed by atoms with E-state index in [9.17, 15) is 4.79 Å². The standard InChI is InChI=1S/C30H37BrN2O.ClH/c31-25-11-12-26-24(17-25)13-15-30(26)20-32-19-27(30)29(34)33-16-14-23(21-7-3-1-4-8-21)18-28(33)22-9-5-2-6-10-22;/h1,3-4,7-8,11-12,17,22-23,27-28,32H,2,5-6,9-10,13-16,18-20H2;1H/t23-,27+,28+,30?;/m1./s1. The van der Waals surface area contributed by atoms with Crippen LogP contribution in [0.3, 0.4) is 0 Å². The minimum atomic E-state index is 0. The molecule has 2 N–H and O–H groups in total. The van der Waals surface area contributed by atoms with Crippen molar-refractivity contribution >= 4 is 21.8 Å². The highest BCUT2D eigenvalue weighted by Crippen LogP contribution is 2.47. The Hall–Kier alpha value is -1.36. The summed E-state index contributed by atoms with van der Waals surface area (Å²) in [6.45, 7) is 2.94. The van der Waals surface area contributed by atoms with Crippen LogP contribution in [0.5, 0.6) is 0 Å². The number of carbonyl (C=O) groups excluding carboxylic acids is 1. The first-order valence-corrected chi connectivity index (χ1v) is 14.4. The van der Waals surface area contributed by atoms with Crippen molar-refractivity contribution in [3.8, 4) is 0 Å². The monoisotopic (exact) mass is 556 g/mol. The number of fused-ring (bicyclic) bond motifs is 2. The molecular weight excluding hydrogens is 520 g/mol. The highest BCUT2D eigenvalue weighted by molar-refractivity contribution is 9.10. The molecule has 0 bridgehead atoms. The van der Waals surface area contributed by atoms with Gasteiger partial charge in [-0.15, -0.1) is 0 Å². The zero-order valence-corrected chi connectivity index (χ0v) is 22.9. The number of hydrogen-bond donors (Lipinski definition) is 1. The number of rotatable bonds is 3. The normalized spacial score (nSPS) is 30.8. The van der Waals surface area contributed by atoms with Crippen LogP contribution in [-0.4, -0.2) is 36.5 Å². The zero-order valence-electron chi connectivity index (χ0n) is 20.6. The SMILES string of the molecule is O=C([C@@H]1C[NH2+]CC12CCc1cc(Br)ccc12)N1CC[C@@H](c2ccccc2)C[C@H]1C1CCCCC1.[Cl-]. The van der Waals surface area contributed by atoms with Gasteiger partial charge in [0.15, 0.2) is 0 Å². The summed E-state index contributed by atoms with van der Waals surface area (Å²) < 4.78 is 1.16. The van der Waals surface area contributed by atoms with Crippen molar-refractivity contribution in [3.05, 3.63) is 69.7 Å². The molecule has 2 aliphatic carbocycles. The lowest BCUT2D eigenvalue weighted by Crippen LogP contribution is -3.00. The number of nitrogens with two attached hydrogens (primary N) is 1. The van der Waals surface area contributed by atoms with Crippen molar-refractivity contribution in [1.82, 2.24) is 4.90 Å². The fraction of sp³-hybridized carbons (Fsp3) is 0.567. The van der Waals surface area contributed by atoms with Crippen LogP contribution in [0.4, 0.5) is 0 Å². The lowest BCUT2D eigenvalue weighted by atomic mass is 9.71. The quantitative estimate of drug-likeness (QED) is 0.617. The van der Waals surface area contributed by atoms with Gasteiger partial charge in [0.25, 0.3) is 0 Å². The molecule has 6 rings (SSSR count). The number of nitrogens with zero attached hydrogens (tertiary/aromatic N) is 1. The minimum absolute atomic E-state index is 0. The maximum Gasteiger partial charge on any atom is 0.232 e. The number of amides is 1. The Morgan fingerprint density at radius 2 is 1.83 bits per heavy atom. The predicted octanol–water partition coefficient (Wildman–Crippen LogP) is 2.19. The summed E-state index contributed by atoms with van der Waals surface area (Å²) in [6, 6.07) is 18.3. The Balaban J connectivity index is 0.00000253. The molecule has 2 saturated heterocycles. The van der Waals surface area contributed by atoms with Crippen LogP contribution < -0.4 is 17.7 Å². The average molecular weight is 558 g/mol. The van der Waals surface area contributed by atoms with Crippen molar-refractivity contribution < 1.29 is 22.5 Å². The number of likely N-dealkylation sites (tertiary alicyclic amines) is 1. The molecular formula is C30H38BrClN2O. The van der Waals surface area contributed by atoms with Gasteiger partial charge in [-0.05, 0) is 79.2 Å². The molecule has 0 aromatic heterocycles. The molecule has 2 aliphatic heterocycles. The summed E-state index contributed by atoms with van der Waals surface area (Å²) in [4.78, 5) is 16.8. The first kappa shape index (κ1) is 25.3. The molecule has 2 aromatic rings. The summed E-state index contributed by atoms with van der Waals surface area (Å²) in [5.41, 5.74) is 4.40. The highest BCUT2D eigenvalue weighted by atomic mass is 79.9. The zero-order chi connectivity index (χ0) is 23.1. The van der Waals surface area contributed by atoms with Crippen LogP contribution in [-0.2, 0) is 16.6 Å². The number of halogens is 2. The molecule has 3 nitrogen and oxygen atoms in total. The van der Waals surface area contributed by atoms with Crippen LogP contribution in [0.25, 0.3) is 0 Å². The molecule has 4 aliphatic rings. The summed E-state index contributed by atoms with van der Waals surface area (Å²) in [5, 5.41) is 2.42. The van der Waals surface area contributed by atoms with Crippen LogP contribution in [0.15, 0.2) is 53.0 Å². The van der Waals surface area contributed by atoms with E-state index in [4.69, 9.17) is 0 Å². The number of hydrogen-bond acceptors (Lipinski definition) is 1.